The van der Waals surface area contributed by atoms with Crippen LogP contribution in [-0.4, -0.2) is 36.5 Å². The van der Waals surface area contributed by atoms with Crippen LogP contribution in [0.25, 0.3) is 0 Å². The maximum absolute atomic E-state index is 12.2. The Morgan fingerprint density at radius 1 is 1.50 bits per heavy atom. The summed E-state index contributed by atoms with van der Waals surface area (Å²) in [5, 5.41) is 3.07. The van der Waals surface area contributed by atoms with Crippen molar-refractivity contribution in [2.24, 2.45) is 5.92 Å². The van der Waals surface area contributed by atoms with Gasteiger partial charge in [0.2, 0.25) is 5.91 Å². The maximum Gasteiger partial charge on any atom is 0.227 e. The van der Waals surface area contributed by atoms with Gasteiger partial charge in [-0.2, -0.15) is 0 Å². The largest absolute Gasteiger partial charge is 0.337 e. The van der Waals surface area contributed by atoms with Gasteiger partial charge in [-0.3, -0.25) is 4.79 Å². The van der Waals surface area contributed by atoms with Crippen molar-refractivity contribution < 1.29 is 4.79 Å². The second kappa shape index (κ2) is 7.13. The number of hydrogen-bond donors (Lipinski definition) is 1. The van der Waals surface area contributed by atoms with Crippen molar-refractivity contribution >= 4 is 18.3 Å². The second-order valence-electron chi connectivity index (χ2n) is 4.69. The minimum absolute atomic E-state index is 0. The fraction of sp³-hybridized carbons (Fsp3) is 0.917. The zero-order chi connectivity index (χ0) is 11.4. The Kier molecular flexibility index (Phi) is 7.00. The molecular weight excluding hydrogens is 224 g/mol. The Balaban J connectivity index is 0.00000225. The Bertz CT molecular complexity index is 223. The number of carbonyl (C=O) groups is 1. The molecule has 1 saturated heterocycles. The number of carbonyl (C=O) groups excluding carboxylic acids is 1. The Hall–Kier alpha value is -0.280. The van der Waals surface area contributed by atoms with E-state index in [-0.39, 0.29) is 18.3 Å². The number of hydrogen-bond acceptors (Lipinski definition) is 2. The first-order chi connectivity index (χ1) is 7.11. The van der Waals surface area contributed by atoms with Crippen molar-refractivity contribution in [3.8, 4) is 0 Å². The molecule has 3 unspecified atom stereocenters. The van der Waals surface area contributed by atoms with Gasteiger partial charge in [-0.25, -0.2) is 0 Å². The van der Waals surface area contributed by atoms with E-state index >= 15 is 0 Å². The van der Waals surface area contributed by atoms with Crippen LogP contribution in [0.1, 0.15) is 40.0 Å². The predicted molar refractivity (Wildman–Crippen MR) is 70.0 cm³/mol. The van der Waals surface area contributed by atoms with Gasteiger partial charge < -0.3 is 10.2 Å². The molecule has 16 heavy (non-hydrogen) atoms. The summed E-state index contributed by atoms with van der Waals surface area (Å²) in [7, 11) is 1.90. The van der Waals surface area contributed by atoms with Gasteiger partial charge in [-0.15, -0.1) is 12.4 Å². The van der Waals surface area contributed by atoms with Crippen molar-refractivity contribution in [2.75, 3.05) is 13.6 Å². The molecule has 1 amide bonds. The molecule has 0 spiro atoms. The minimum Gasteiger partial charge on any atom is -0.337 e. The number of halogens is 1. The van der Waals surface area contributed by atoms with Gasteiger partial charge in [0.15, 0.2) is 0 Å². The minimum atomic E-state index is 0. The number of nitrogens with one attached hydrogen (secondary N) is 1. The molecule has 0 radical (unpaired) electrons. The molecule has 1 N–H and O–H groups in total. The SMILES string of the molecule is CCC1CCC(C)N1C(=O)C(C)CNC.Cl. The van der Waals surface area contributed by atoms with Crippen molar-refractivity contribution in [3.05, 3.63) is 0 Å². The van der Waals surface area contributed by atoms with E-state index in [4.69, 9.17) is 0 Å². The molecule has 0 aromatic carbocycles. The van der Waals surface area contributed by atoms with Crippen LogP contribution >= 0.6 is 12.4 Å². The highest BCUT2D eigenvalue weighted by Crippen LogP contribution is 2.27. The molecule has 96 valence electrons. The molecule has 1 rings (SSSR count). The highest BCUT2D eigenvalue weighted by atomic mass is 35.5. The first kappa shape index (κ1) is 15.7. The molecule has 3 nitrogen and oxygen atoms in total. The molecule has 0 aromatic rings. The lowest BCUT2D eigenvalue weighted by Gasteiger charge is -2.30. The van der Waals surface area contributed by atoms with Crippen molar-refractivity contribution in [1.82, 2.24) is 10.2 Å². The summed E-state index contributed by atoms with van der Waals surface area (Å²) in [6.07, 6.45) is 3.43. The van der Waals surface area contributed by atoms with E-state index in [1.54, 1.807) is 0 Å². The predicted octanol–water partition coefficient (Wildman–Crippen LogP) is 2.05. The number of likely N-dealkylation sites (tertiary alicyclic amines) is 1. The fourth-order valence-electron chi connectivity index (χ4n) is 2.52. The number of amides is 1. The van der Waals surface area contributed by atoms with Crippen molar-refractivity contribution in [1.29, 1.82) is 0 Å². The zero-order valence-corrected chi connectivity index (χ0v) is 11.6. The normalized spacial score (nSPS) is 26.4. The highest BCUT2D eigenvalue weighted by molar-refractivity contribution is 5.85. The molecule has 3 atom stereocenters. The van der Waals surface area contributed by atoms with Gasteiger partial charge in [-0.05, 0) is 33.2 Å². The average Bonchev–Trinajstić information content (AvgIpc) is 2.58. The van der Waals surface area contributed by atoms with Crippen LogP contribution in [0.5, 0.6) is 0 Å². The van der Waals surface area contributed by atoms with E-state index in [0.717, 1.165) is 19.4 Å². The molecule has 1 aliphatic heterocycles. The number of rotatable bonds is 4. The van der Waals surface area contributed by atoms with E-state index < -0.39 is 0 Å². The Morgan fingerprint density at radius 2 is 2.12 bits per heavy atom. The van der Waals surface area contributed by atoms with Crippen LogP contribution in [0.4, 0.5) is 0 Å². The van der Waals surface area contributed by atoms with E-state index in [1.807, 2.05) is 14.0 Å². The van der Waals surface area contributed by atoms with E-state index in [0.29, 0.717) is 18.0 Å². The van der Waals surface area contributed by atoms with E-state index in [1.165, 1.54) is 6.42 Å². The second-order valence-corrected chi connectivity index (χ2v) is 4.69. The summed E-state index contributed by atoms with van der Waals surface area (Å²) in [6.45, 7) is 7.13. The molecule has 0 saturated carbocycles. The third-order valence-corrected chi connectivity index (χ3v) is 3.44. The lowest BCUT2D eigenvalue weighted by atomic mass is 10.1. The summed E-state index contributed by atoms with van der Waals surface area (Å²) >= 11 is 0. The van der Waals surface area contributed by atoms with E-state index in [2.05, 4.69) is 24.1 Å². The van der Waals surface area contributed by atoms with Crippen LogP contribution in [0, 0.1) is 5.92 Å². The van der Waals surface area contributed by atoms with Gasteiger partial charge in [-0.1, -0.05) is 13.8 Å². The maximum atomic E-state index is 12.2. The molecule has 0 aromatic heterocycles. The first-order valence-electron chi connectivity index (χ1n) is 6.08. The smallest absolute Gasteiger partial charge is 0.227 e. The van der Waals surface area contributed by atoms with Gasteiger partial charge in [0, 0.05) is 24.5 Å². The lowest BCUT2D eigenvalue weighted by molar-refractivity contribution is -0.137. The number of nitrogens with zero attached hydrogens (tertiary/aromatic N) is 1. The molecule has 1 heterocycles. The Morgan fingerprint density at radius 3 is 2.62 bits per heavy atom. The van der Waals surface area contributed by atoms with Gasteiger partial charge >= 0.3 is 0 Å². The van der Waals surface area contributed by atoms with E-state index in [9.17, 15) is 4.79 Å². The van der Waals surface area contributed by atoms with Gasteiger partial charge in [0.05, 0.1) is 0 Å². The average molecular weight is 249 g/mol. The summed E-state index contributed by atoms with van der Waals surface area (Å²) in [5.41, 5.74) is 0. The van der Waals surface area contributed by atoms with Gasteiger partial charge in [0.1, 0.15) is 0 Å². The van der Waals surface area contributed by atoms with Crippen LogP contribution in [-0.2, 0) is 4.79 Å². The summed E-state index contributed by atoms with van der Waals surface area (Å²) < 4.78 is 0. The van der Waals surface area contributed by atoms with Crippen LogP contribution in [0.2, 0.25) is 0 Å². The molecule has 1 fully saturated rings. The molecule has 0 aliphatic carbocycles. The topological polar surface area (TPSA) is 32.3 Å². The monoisotopic (exact) mass is 248 g/mol. The Labute approximate surface area is 105 Å². The third-order valence-electron chi connectivity index (χ3n) is 3.44. The first-order valence-corrected chi connectivity index (χ1v) is 6.08. The summed E-state index contributed by atoms with van der Waals surface area (Å²) in [5.74, 6) is 0.422. The lowest BCUT2D eigenvalue weighted by Crippen LogP contribution is -2.44. The standard InChI is InChI=1S/C12H24N2O.ClH/c1-5-11-7-6-10(3)14(11)12(15)9(2)8-13-4;/h9-11,13H,5-8H2,1-4H3;1H. The van der Waals surface area contributed by atoms with Crippen LogP contribution in [0.15, 0.2) is 0 Å². The van der Waals surface area contributed by atoms with Crippen molar-refractivity contribution in [3.63, 3.8) is 0 Å². The van der Waals surface area contributed by atoms with Crippen LogP contribution < -0.4 is 5.32 Å². The zero-order valence-electron chi connectivity index (χ0n) is 10.8. The summed E-state index contributed by atoms with van der Waals surface area (Å²) in [6, 6.07) is 0.911. The molecular formula is C12H25ClN2O. The third kappa shape index (κ3) is 3.36. The fourth-order valence-corrected chi connectivity index (χ4v) is 2.52. The molecule has 4 heteroatoms. The van der Waals surface area contributed by atoms with Gasteiger partial charge in [0.25, 0.3) is 0 Å². The molecule has 1 aliphatic rings. The van der Waals surface area contributed by atoms with Crippen LogP contribution in [0.3, 0.4) is 0 Å². The quantitative estimate of drug-likeness (QED) is 0.826. The van der Waals surface area contributed by atoms with Crippen molar-refractivity contribution in [2.45, 2.75) is 52.1 Å². The molecule has 0 bridgehead atoms. The summed E-state index contributed by atoms with van der Waals surface area (Å²) in [4.78, 5) is 14.3. The highest BCUT2D eigenvalue weighted by Gasteiger charge is 2.34.